The van der Waals surface area contributed by atoms with Gasteiger partial charge in [0.05, 0.1) is 11.8 Å². The van der Waals surface area contributed by atoms with E-state index in [9.17, 15) is 5.21 Å². The minimum atomic E-state index is -0.663. The van der Waals surface area contributed by atoms with Gasteiger partial charge in [-0.25, -0.2) is 0 Å². The van der Waals surface area contributed by atoms with E-state index >= 15 is 0 Å². The minimum Gasteiger partial charge on any atom is -0.277 e. The maximum absolute atomic E-state index is 9.78. The van der Waals surface area contributed by atoms with Gasteiger partial charge in [-0.15, -0.1) is 0 Å². The van der Waals surface area contributed by atoms with Crippen LogP contribution >= 0.6 is 27.9 Å². The Morgan fingerprint density at radius 1 is 1.47 bits per heavy atom. The fraction of sp³-hybridized carbons (Fsp3) is 0.300. The minimum absolute atomic E-state index is 0.630. The maximum atomic E-state index is 9.78. The first-order chi connectivity index (χ1) is 6.96. The van der Waals surface area contributed by atoms with Crippen LogP contribution in [0.4, 0.5) is 5.69 Å². The molecule has 80 valence electrons. The zero-order valence-electron chi connectivity index (χ0n) is 8.44. The van der Waals surface area contributed by atoms with E-state index in [2.05, 4.69) is 22.0 Å². The normalized spacial score (nSPS) is 10.9. The molecule has 0 saturated carbocycles. The molecular weight excluding hydrogens is 276 g/mol. The Bertz CT molecular complexity index is 389. The maximum Gasteiger partial charge on any atom is 0.119 e. The second-order valence-corrected chi connectivity index (χ2v) is 5.84. The number of nitrogens with zero attached hydrogens (tertiary/aromatic N) is 2. The van der Waals surface area contributed by atoms with Crippen molar-refractivity contribution in [2.75, 3.05) is 4.47 Å². The van der Waals surface area contributed by atoms with Gasteiger partial charge >= 0.3 is 0 Å². The molecule has 1 N–H and O–H groups in total. The van der Waals surface area contributed by atoms with Crippen LogP contribution in [0.15, 0.2) is 28.7 Å². The molecule has 5 heteroatoms. The van der Waals surface area contributed by atoms with Crippen molar-refractivity contribution in [2.45, 2.75) is 18.6 Å². The quantitative estimate of drug-likeness (QED) is 0.681. The van der Waals surface area contributed by atoms with Crippen molar-refractivity contribution in [1.82, 2.24) is 0 Å². The lowest BCUT2D eigenvalue weighted by Gasteiger charge is -2.23. The van der Waals surface area contributed by atoms with E-state index in [1.54, 1.807) is 19.9 Å². The molecule has 0 heterocycles. The molecule has 0 spiro atoms. The summed E-state index contributed by atoms with van der Waals surface area (Å²) in [6, 6.07) is 9.39. The molecule has 15 heavy (non-hydrogen) atoms. The Labute approximate surface area is 102 Å². The van der Waals surface area contributed by atoms with E-state index in [4.69, 9.17) is 5.26 Å². The van der Waals surface area contributed by atoms with Crippen molar-refractivity contribution in [3.63, 3.8) is 0 Å². The van der Waals surface area contributed by atoms with E-state index < -0.39 is 4.75 Å². The van der Waals surface area contributed by atoms with Crippen LogP contribution in [0.5, 0.6) is 0 Å². The second kappa shape index (κ2) is 4.88. The van der Waals surface area contributed by atoms with Crippen LogP contribution in [0.1, 0.15) is 13.8 Å². The number of anilines is 1. The van der Waals surface area contributed by atoms with Gasteiger partial charge < -0.3 is 0 Å². The van der Waals surface area contributed by atoms with Gasteiger partial charge in [0.15, 0.2) is 0 Å². The molecule has 0 unspecified atom stereocenters. The molecule has 0 aliphatic heterocycles. The summed E-state index contributed by atoms with van der Waals surface area (Å²) in [6.45, 7) is 3.50. The van der Waals surface area contributed by atoms with Gasteiger partial charge in [-0.1, -0.05) is 12.1 Å². The third-order valence-electron chi connectivity index (χ3n) is 1.64. The van der Waals surface area contributed by atoms with Gasteiger partial charge in [0.2, 0.25) is 0 Å². The molecule has 1 rings (SSSR count). The van der Waals surface area contributed by atoms with Crippen LogP contribution < -0.4 is 4.47 Å². The third kappa shape index (κ3) is 3.42. The molecule has 0 amide bonds. The van der Waals surface area contributed by atoms with E-state index in [-0.39, 0.29) is 0 Å². The molecule has 0 saturated heterocycles. The molecule has 0 atom stereocenters. The largest absolute Gasteiger partial charge is 0.277 e. The fourth-order valence-corrected chi connectivity index (χ4v) is 2.19. The van der Waals surface area contributed by atoms with Gasteiger partial charge in [-0.2, -0.15) is 9.73 Å². The van der Waals surface area contributed by atoms with Crippen LogP contribution in [0.2, 0.25) is 0 Å². The highest BCUT2D eigenvalue weighted by Gasteiger charge is 2.23. The summed E-state index contributed by atoms with van der Waals surface area (Å²) in [6.07, 6.45) is 0. The van der Waals surface area contributed by atoms with E-state index in [0.29, 0.717) is 5.69 Å². The lowest BCUT2D eigenvalue weighted by molar-refractivity contribution is 0.330. The Morgan fingerprint density at radius 3 is 2.60 bits per heavy atom. The van der Waals surface area contributed by atoms with Gasteiger partial charge in [-0.05, 0) is 41.9 Å². The standard InChI is InChI=1S/C10H11BrN2OS/c1-10(2,7-12)15-13(14)9-6-4-3-5-8(9)11/h3-6,14H,1-2H3. The first kappa shape index (κ1) is 12.4. The van der Waals surface area contributed by atoms with Crippen LogP contribution in [0.3, 0.4) is 0 Å². The van der Waals surface area contributed by atoms with Gasteiger partial charge in [0, 0.05) is 16.4 Å². The van der Waals surface area contributed by atoms with Crippen molar-refractivity contribution >= 4 is 33.6 Å². The van der Waals surface area contributed by atoms with Crippen molar-refractivity contribution in [3.05, 3.63) is 28.7 Å². The monoisotopic (exact) mass is 286 g/mol. The van der Waals surface area contributed by atoms with Crippen molar-refractivity contribution < 1.29 is 5.21 Å². The highest BCUT2D eigenvalue weighted by molar-refractivity contribution is 9.10. The molecular formula is C10H11BrN2OS. The Balaban J connectivity index is 2.83. The lowest BCUT2D eigenvalue weighted by atomic mass is 10.2. The van der Waals surface area contributed by atoms with Gasteiger partial charge in [-0.3, -0.25) is 5.21 Å². The number of hydrogen-bond donors (Lipinski definition) is 1. The van der Waals surface area contributed by atoms with Crippen LogP contribution in [-0.2, 0) is 0 Å². The summed E-state index contributed by atoms with van der Waals surface area (Å²) in [7, 11) is 0. The van der Waals surface area contributed by atoms with Crippen molar-refractivity contribution in [3.8, 4) is 6.07 Å². The summed E-state index contributed by atoms with van der Waals surface area (Å²) in [5, 5.41) is 18.6. The number of para-hydroxylation sites is 1. The molecule has 0 fully saturated rings. The van der Waals surface area contributed by atoms with Crippen molar-refractivity contribution in [2.24, 2.45) is 0 Å². The summed E-state index contributed by atoms with van der Waals surface area (Å²) < 4.78 is 1.13. The molecule has 0 aliphatic rings. The molecule has 0 bridgehead atoms. The van der Waals surface area contributed by atoms with E-state index in [0.717, 1.165) is 20.9 Å². The first-order valence-electron chi connectivity index (χ1n) is 4.30. The molecule has 0 radical (unpaired) electrons. The summed E-state index contributed by atoms with van der Waals surface area (Å²) in [4.78, 5) is 0. The third-order valence-corrected chi connectivity index (χ3v) is 3.23. The van der Waals surface area contributed by atoms with Gasteiger partial charge in [0.25, 0.3) is 0 Å². The fourth-order valence-electron chi connectivity index (χ4n) is 0.893. The molecule has 1 aromatic carbocycles. The molecule has 0 aliphatic carbocycles. The van der Waals surface area contributed by atoms with Gasteiger partial charge in [0.1, 0.15) is 4.75 Å². The zero-order chi connectivity index (χ0) is 11.5. The number of hydrogen-bond acceptors (Lipinski definition) is 4. The van der Waals surface area contributed by atoms with E-state index in [1.807, 2.05) is 18.2 Å². The Morgan fingerprint density at radius 2 is 2.07 bits per heavy atom. The smallest absolute Gasteiger partial charge is 0.119 e. The summed E-state index contributed by atoms with van der Waals surface area (Å²) in [5.41, 5.74) is 0.630. The van der Waals surface area contributed by atoms with Crippen LogP contribution in [0.25, 0.3) is 0 Å². The zero-order valence-corrected chi connectivity index (χ0v) is 10.8. The SMILES string of the molecule is CC(C)(C#N)SN(O)c1ccccc1Br. The molecule has 0 aromatic heterocycles. The Kier molecular flexibility index (Phi) is 4.03. The predicted octanol–water partition coefficient (Wildman–Crippen LogP) is 3.60. The van der Waals surface area contributed by atoms with E-state index in [1.165, 1.54) is 0 Å². The number of halogens is 1. The number of benzene rings is 1. The van der Waals surface area contributed by atoms with Crippen LogP contribution in [-0.4, -0.2) is 9.95 Å². The Hall–Kier alpha value is -0.700. The first-order valence-corrected chi connectivity index (χ1v) is 5.87. The highest BCUT2D eigenvalue weighted by atomic mass is 79.9. The van der Waals surface area contributed by atoms with Crippen LogP contribution in [0, 0.1) is 11.3 Å². The van der Waals surface area contributed by atoms with Crippen molar-refractivity contribution in [1.29, 1.82) is 5.26 Å². The summed E-state index contributed by atoms with van der Waals surface area (Å²) >= 11 is 4.40. The second-order valence-electron chi connectivity index (χ2n) is 3.44. The molecule has 3 nitrogen and oxygen atoms in total. The molecule has 1 aromatic rings. The lowest BCUT2D eigenvalue weighted by Crippen LogP contribution is -2.21. The summed E-state index contributed by atoms with van der Waals surface area (Å²) in [5.74, 6) is 0. The topological polar surface area (TPSA) is 47.3 Å². The average molecular weight is 287 g/mol. The average Bonchev–Trinajstić information content (AvgIpc) is 2.17. The highest BCUT2D eigenvalue weighted by Crippen LogP contribution is 2.34. The number of rotatable bonds is 3. The number of nitriles is 1. The predicted molar refractivity (Wildman–Crippen MR) is 65.7 cm³/mol.